The van der Waals surface area contributed by atoms with Crippen molar-refractivity contribution in [2.75, 3.05) is 7.11 Å². The van der Waals surface area contributed by atoms with Crippen LogP contribution >= 0.6 is 11.6 Å². The molecule has 3 aromatic rings. The Bertz CT molecular complexity index is 966. The summed E-state index contributed by atoms with van der Waals surface area (Å²) in [7, 11) is 1.60. The van der Waals surface area contributed by atoms with Crippen LogP contribution in [0.4, 0.5) is 4.39 Å². The van der Waals surface area contributed by atoms with Gasteiger partial charge in [0.1, 0.15) is 11.6 Å². The molecule has 0 fully saturated rings. The van der Waals surface area contributed by atoms with Crippen molar-refractivity contribution in [3.8, 4) is 28.0 Å². The minimum atomic E-state index is -0.417. The third-order valence-electron chi connectivity index (χ3n) is 4.05. The molecule has 6 heteroatoms. The number of rotatable bonds is 5. The number of hydrogen-bond acceptors (Lipinski definition) is 2. The molecule has 0 aliphatic rings. The average molecular weight is 368 g/mol. The predicted molar refractivity (Wildman–Crippen MR) is 102 cm³/mol. The molecule has 0 spiro atoms. The molecule has 0 radical (unpaired) electrons. The smallest absolute Gasteiger partial charge is 0.127 e. The van der Waals surface area contributed by atoms with Gasteiger partial charge in [0.2, 0.25) is 0 Å². The van der Waals surface area contributed by atoms with E-state index in [4.69, 9.17) is 21.9 Å². The van der Waals surface area contributed by atoms with Gasteiger partial charge in [-0.25, -0.2) is 4.39 Å². The van der Waals surface area contributed by atoms with Crippen molar-refractivity contribution in [3.63, 3.8) is 0 Å². The highest BCUT2D eigenvalue weighted by molar-refractivity contribution is 6.30. The van der Waals surface area contributed by atoms with Gasteiger partial charge in [0.25, 0.3) is 0 Å². The van der Waals surface area contributed by atoms with Crippen molar-refractivity contribution in [3.05, 3.63) is 87.5 Å². The van der Waals surface area contributed by atoms with Crippen LogP contribution in [0.5, 0.6) is 5.75 Å². The largest absolute Gasteiger partial charge is 0.497 e. The topological polar surface area (TPSA) is 58.0 Å². The minimum absolute atomic E-state index is 0.0492. The van der Waals surface area contributed by atoms with Gasteiger partial charge in [-0.15, -0.1) is 0 Å². The second-order valence-corrected chi connectivity index (χ2v) is 6.05. The number of azide groups is 1. The van der Waals surface area contributed by atoms with Gasteiger partial charge in [-0.1, -0.05) is 41.0 Å². The number of hydrogen-bond donors (Lipinski definition) is 0. The quantitative estimate of drug-likeness (QED) is 0.283. The van der Waals surface area contributed by atoms with E-state index in [0.29, 0.717) is 10.6 Å². The van der Waals surface area contributed by atoms with Gasteiger partial charge in [0, 0.05) is 9.93 Å². The highest BCUT2D eigenvalue weighted by Crippen LogP contribution is 2.35. The summed E-state index contributed by atoms with van der Waals surface area (Å²) in [6.45, 7) is -0.0492. The van der Waals surface area contributed by atoms with Gasteiger partial charge in [-0.05, 0) is 69.7 Å². The van der Waals surface area contributed by atoms with Crippen LogP contribution in [0.2, 0.25) is 5.02 Å². The predicted octanol–water partition coefficient (Wildman–Crippen LogP) is 6.63. The first-order valence-corrected chi connectivity index (χ1v) is 8.24. The average Bonchev–Trinajstić information content (AvgIpc) is 2.67. The Labute approximate surface area is 155 Å². The number of halogens is 2. The zero-order valence-corrected chi connectivity index (χ0v) is 14.7. The maximum Gasteiger partial charge on any atom is 0.127 e. The van der Waals surface area contributed by atoms with Gasteiger partial charge in [0.05, 0.1) is 13.7 Å². The minimum Gasteiger partial charge on any atom is -0.497 e. The third-order valence-corrected chi connectivity index (χ3v) is 4.30. The summed E-state index contributed by atoms with van der Waals surface area (Å²) in [5.74, 6) is 0.317. The lowest BCUT2D eigenvalue weighted by Crippen LogP contribution is -1.94. The molecule has 0 aromatic heterocycles. The van der Waals surface area contributed by atoms with Gasteiger partial charge < -0.3 is 4.74 Å². The van der Waals surface area contributed by atoms with Crippen LogP contribution in [0, 0.1) is 5.82 Å². The van der Waals surface area contributed by atoms with Crippen LogP contribution in [0.15, 0.2) is 65.8 Å². The molecule has 26 heavy (non-hydrogen) atoms. The van der Waals surface area contributed by atoms with Gasteiger partial charge in [-0.2, -0.15) is 0 Å². The Morgan fingerprint density at radius 3 is 2.15 bits per heavy atom. The SMILES string of the molecule is COc1ccc(-c2cc(CN=[N+]=[N-])c(F)cc2-c2ccc(Cl)cc2)cc1. The lowest BCUT2D eigenvalue weighted by atomic mass is 9.92. The Morgan fingerprint density at radius 1 is 1.00 bits per heavy atom. The molecular weight excluding hydrogens is 353 g/mol. The fraction of sp³-hybridized carbons (Fsp3) is 0.100. The molecule has 0 saturated heterocycles. The van der Waals surface area contributed by atoms with Crippen LogP contribution in [0.1, 0.15) is 5.56 Å². The molecule has 3 aromatic carbocycles. The maximum atomic E-state index is 14.5. The number of ether oxygens (including phenoxy) is 1. The summed E-state index contributed by atoms with van der Waals surface area (Å²) in [5.41, 5.74) is 12.2. The van der Waals surface area contributed by atoms with Crippen molar-refractivity contribution in [2.45, 2.75) is 6.54 Å². The summed E-state index contributed by atoms with van der Waals surface area (Å²) in [6, 6.07) is 17.9. The van der Waals surface area contributed by atoms with Crippen LogP contribution < -0.4 is 4.74 Å². The first-order chi connectivity index (χ1) is 12.6. The molecule has 3 rings (SSSR count). The van der Waals surface area contributed by atoms with Crippen LogP contribution in [0.3, 0.4) is 0 Å². The summed E-state index contributed by atoms with van der Waals surface area (Å²) in [6.07, 6.45) is 0. The van der Waals surface area contributed by atoms with E-state index < -0.39 is 5.82 Å². The van der Waals surface area contributed by atoms with Gasteiger partial charge in [-0.3, -0.25) is 0 Å². The molecular formula is C20H15ClFN3O. The molecule has 130 valence electrons. The Kier molecular flexibility index (Phi) is 5.42. The van der Waals surface area contributed by atoms with Crippen molar-refractivity contribution in [1.82, 2.24) is 0 Å². The van der Waals surface area contributed by atoms with Crippen molar-refractivity contribution in [2.24, 2.45) is 5.11 Å². The molecule has 0 saturated carbocycles. The van der Waals surface area contributed by atoms with E-state index in [1.54, 1.807) is 25.3 Å². The molecule has 0 aliphatic carbocycles. The standard InChI is InChI=1S/C20H15ClFN3O/c1-26-17-8-4-14(5-9-17)18-10-15(12-24-25-23)20(22)11-19(18)13-2-6-16(21)7-3-13/h2-11H,12H2,1H3. The maximum absolute atomic E-state index is 14.5. The zero-order chi connectivity index (χ0) is 18.5. The van der Waals surface area contributed by atoms with Crippen LogP contribution in [-0.2, 0) is 6.54 Å². The fourth-order valence-corrected chi connectivity index (χ4v) is 2.85. The van der Waals surface area contributed by atoms with E-state index in [1.807, 2.05) is 36.4 Å². The first-order valence-electron chi connectivity index (χ1n) is 7.86. The second-order valence-electron chi connectivity index (χ2n) is 5.61. The number of nitrogens with zero attached hydrogens (tertiary/aromatic N) is 3. The van der Waals surface area contributed by atoms with Crippen molar-refractivity contribution in [1.29, 1.82) is 0 Å². The van der Waals surface area contributed by atoms with E-state index in [-0.39, 0.29) is 6.54 Å². The van der Waals surface area contributed by atoms with Crippen LogP contribution in [0.25, 0.3) is 32.7 Å². The molecule has 0 amide bonds. The monoisotopic (exact) mass is 367 g/mol. The lowest BCUT2D eigenvalue weighted by molar-refractivity contribution is 0.415. The molecule has 0 heterocycles. The zero-order valence-electron chi connectivity index (χ0n) is 14.0. The first kappa shape index (κ1) is 17.8. The summed E-state index contributed by atoms with van der Waals surface area (Å²) in [4.78, 5) is 2.71. The normalized spacial score (nSPS) is 10.3. The Balaban J connectivity index is 2.19. The van der Waals surface area contributed by atoms with Crippen molar-refractivity contribution >= 4 is 11.6 Å². The number of methoxy groups -OCH3 is 1. The van der Waals surface area contributed by atoms with Crippen molar-refractivity contribution < 1.29 is 9.13 Å². The summed E-state index contributed by atoms with van der Waals surface area (Å²) in [5, 5.41) is 4.09. The highest BCUT2D eigenvalue weighted by Gasteiger charge is 2.13. The van der Waals surface area contributed by atoms with E-state index in [0.717, 1.165) is 28.0 Å². The van der Waals surface area contributed by atoms with Gasteiger partial charge >= 0.3 is 0 Å². The summed E-state index contributed by atoms with van der Waals surface area (Å²) < 4.78 is 19.7. The third kappa shape index (κ3) is 3.80. The van der Waals surface area contributed by atoms with E-state index in [1.165, 1.54) is 6.07 Å². The molecule has 4 nitrogen and oxygen atoms in total. The van der Waals surface area contributed by atoms with E-state index >= 15 is 0 Å². The molecule has 0 bridgehead atoms. The lowest BCUT2D eigenvalue weighted by Gasteiger charge is -2.14. The number of benzene rings is 3. The molecule has 0 atom stereocenters. The fourth-order valence-electron chi connectivity index (χ4n) is 2.72. The highest BCUT2D eigenvalue weighted by atomic mass is 35.5. The summed E-state index contributed by atoms with van der Waals surface area (Å²) >= 11 is 5.97. The molecule has 0 aliphatic heterocycles. The second kappa shape index (κ2) is 7.91. The molecule has 0 N–H and O–H groups in total. The van der Waals surface area contributed by atoms with Crippen LogP contribution in [-0.4, -0.2) is 7.11 Å². The van der Waals surface area contributed by atoms with E-state index in [9.17, 15) is 4.39 Å². The Morgan fingerprint density at radius 2 is 1.58 bits per heavy atom. The van der Waals surface area contributed by atoms with E-state index in [2.05, 4.69) is 10.0 Å². The van der Waals surface area contributed by atoms with Gasteiger partial charge in [0.15, 0.2) is 0 Å². The Hall–Kier alpha value is -3.01. The molecule has 0 unspecified atom stereocenters.